The van der Waals surface area contributed by atoms with E-state index in [1.165, 1.54) is 19.3 Å². The fraction of sp³-hybridized carbons (Fsp3) is 0.562. The van der Waals surface area contributed by atoms with Gasteiger partial charge in [-0.15, -0.1) is 0 Å². The second-order valence-corrected chi connectivity index (χ2v) is 6.26. The Balaban J connectivity index is 1.66. The Hall–Kier alpha value is -1.69. The van der Waals surface area contributed by atoms with Crippen LogP contribution < -0.4 is 9.47 Å². The molecule has 0 radical (unpaired) electrons. The van der Waals surface area contributed by atoms with Crippen molar-refractivity contribution in [1.29, 1.82) is 5.26 Å². The smallest absolute Gasteiger partial charge is 0.161 e. The van der Waals surface area contributed by atoms with Crippen molar-refractivity contribution in [3.8, 4) is 17.6 Å². The zero-order valence-electron chi connectivity index (χ0n) is 10.9. The highest BCUT2D eigenvalue weighted by Crippen LogP contribution is 2.65. The first kappa shape index (κ1) is 11.2. The highest BCUT2D eigenvalue weighted by Gasteiger charge is 2.58. The minimum atomic E-state index is -0.281. The molecule has 98 valence electrons. The first-order chi connectivity index (χ1) is 9.25. The molecule has 1 aliphatic heterocycles. The molecule has 19 heavy (non-hydrogen) atoms. The summed E-state index contributed by atoms with van der Waals surface area (Å²) in [6.07, 6.45) is 6.00. The number of nitrogens with zero attached hydrogens (tertiary/aromatic N) is 1. The van der Waals surface area contributed by atoms with Gasteiger partial charge in [-0.1, -0.05) is 12.5 Å². The van der Waals surface area contributed by atoms with Crippen molar-refractivity contribution in [3.05, 3.63) is 23.8 Å². The lowest BCUT2D eigenvalue weighted by molar-refractivity contribution is -0.0228. The minimum Gasteiger partial charge on any atom is -0.486 e. The molecule has 1 heterocycles. The molecule has 2 saturated carbocycles. The third-order valence-electron chi connectivity index (χ3n) is 5.08. The molecular formula is C16H17NO2. The maximum absolute atomic E-state index is 9.62. The average Bonchev–Trinajstić information content (AvgIpc) is 2.36. The van der Waals surface area contributed by atoms with Gasteiger partial charge in [-0.25, -0.2) is 0 Å². The van der Waals surface area contributed by atoms with E-state index in [0.717, 1.165) is 29.9 Å². The van der Waals surface area contributed by atoms with Crippen molar-refractivity contribution in [2.75, 3.05) is 13.2 Å². The summed E-state index contributed by atoms with van der Waals surface area (Å²) < 4.78 is 11.2. The van der Waals surface area contributed by atoms with Crippen molar-refractivity contribution in [1.82, 2.24) is 0 Å². The lowest BCUT2D eigenvalue weighted by Gasteiger charge is -2.58. The molecule has 1 aromatic carbocycles. The largest absolute Gasteiger partial charge is 0.486 e. The van der Waals surface area contributed by atoms with Crippen LogP contribution in [-0.2, 0) is 5.41 Å². The molecule has 0 aromatic heterocycles. The number of ether oxygens (including phenoxy) is 2. The van der Waals surface area contributed by atoms with Crippen LogP contribution in [0.1, 0.15) is 37.7 Å². The number of hydrogen-bond donors (Lipinski definition) is 0. The van der Waals surface area contributed by atoms with E-state index in [2.05, 4.69) is 6.07 Å². The Kier molecular flexibility index (Phi) is 2.15. The van der Waals surface area contributed by atoms with Crippen LogP contribution in [0.4, 0.5) is 0 Å². The number of rotatable bonds is 1. The number of fused-ring (bicyclic) bond motifs is 1. The van der Waals surface area contributed by atoms with Crippen LogP contribution in [-0.4, -0.2) is 13.2 Å². The standard InChI is InChI=1S/C16H17NO2/c17-11-16(9-15(10-16)4-1-5-15)12-2-3-13-14(8-12)19-7-6-18-13/h2-3,8H,1,4-7,9-10H2. The van der Waals surface area contributed by atoms with Gasteiger partial charge in [0.2, 0.25) is 0 Å². The van der Waals surface area contributed by atoms with Gasteiger partial charge in [-0.05, 0) is 48.8 Å². The summed E-state index contributed by atoms with van der Waals surface area (Å²) in [5, 5.41) is 9.62. The number of benzene rings is 1. The van der Waals surface area contributed by atoms with Gasteiger partial charge >= 0.3 is 0 Å². The zero-order valence-corrected chi connectivity index (χ0v) is 10.9. The highest BCUT2D eigenvalue weighted by atomic mass is 16.6. The summed E-state index contributed by atoms with van der Waals surface area (Å²) in [6.45, 7) is 1.21. The van der Waals surface area contributed by atoms with Gasteiger partial charge in [0.1, 0.15) is 13.2 Å². The average molecular weight is 255 g/mol. The summed E-state index contributed by atoms with van der Waals surface area (Å²) in [4.78, 5) is 0. The molecule has 0 amide bonds. The summed E-state index contributed by atoms with van der Waals surface area (Å²) in [6, 6.07) is 8.58. The molecule has 1 spiro atoms. The Bertz CT molecular complexity index is 561. The summed E-state index contributed by atoms with van der Waals surface area (Å²) in [5.74, 6) is 1.61. The van der Waals surface area contributed by atoms with E-state index in [1.807, 2.05) is 18.2 Å². The monoisotopic (exact) mass is 255 g/mol. The number of hydrogen-bond acceptors (Lipinski definition) is 3. The van der Waals surface area contributed by atoms with Crippen molar-refractivity contribution in [3.63, 3.8) is 0 Å². The lowest BCUT2D eigenvalue weighted by atomic mass is 9.44. The summed E-state index contributed by atoms with van der Waals surface area (Å²) in [7, 11) is 0. The van der Waals surface area contributed by atoms with Crippen LogP contribution in [0.2, 0.25) is 0 Å². The fourth-order valence-electron chi connectivity index (χ4n) is 3.95. The molecule has 0 saturated heterocycles. The van der Waals surface area contributed by atoms with E-state index in [4.69, 9.17) is 9.47 Å². The van der Waals surface area contributed by atoms with E-state index < -0.39 is 0 Å². The van der Waals surface area contributed by atoms with Gasteiger partial charge in [-0.3, -0.25) is 0 Å². The summed E-state index contributed by atoms with van der Waals surface area (Å²) in [5.41, 5.74) is 1.32. The zero-order chi connectivity index (χ0) is 12.9. The Labute approximate surface area is 113 Å². The first-order valence-corrected chi connectivity index (χ1v) is 7.07. The predicted molar refractivity (Wildman–Crippen MR) is 70.2 cm³/mol. The van der Waals surface area contributed by atoms with Crippen molar-refractivity contribution < 1.29 is 9.47 Å². The normalized spacial score (nSPS) is 25.0. The van der Waals surface area contributed by atoms with Gasteiger partial charge in [-0.2, -0.15) is 5.26 Å². The third-order valence-corrected chi connectivity index (χ3v) is 5.08. The molecule has 0 bridgehead atoms. The van der Waals surface area contributed by atoms with E-state index in [9.17, 15) is 5.26 Å². The van der Waals surface area contributed by atoms with Gasteiger partial charge in [0, 0.05) is 0 Å². The maximum Gasteiger partial charge on any atom is 0.161 e. The SMILES string of the molecule is N#CC1(c2ccc3c(c2)OCCO3)CC2(CCC2)C1. The molecule has 4 rings (SSSR count). The van der Waals surface area contributed by atoms with Gasteiger partial charge in [0.15, 0.2) is 11.5 Å². The van der Waals surface area contributed by atoms with Crippen LogP contribution in [0.5, 0.6) is 11.5 Å². The van der Waals surface area contributed by atoms with Crippen molar-refractivity contribution in [2.45, 2.75) is 37.5 Å². The Morgan fingerprint density at radius 2 is 1.79 bits per heavy atom. The quantitative estimate of drug-likeness (QED) is 0.774. The molecule has 0 unspecified atom stereocenters. The molecule has 1 aromatic rings. The maximum atomic E-state index is 9.62. The first-order valence-electron chi connectivity index (χ1n) is 7.07. The van der Waals surface area contributed by atoms with Crippen molar-refractivity contribution in [2.24, 2.45) is 5.41 Å². The molecular weight excluding hydrogens is 238 g/mol. The molecule has 2 fully saturated rings. The van der Waals surface area contributed by atoms with Crippen LogP contribution in [0.15, 0.2) is 18.2 Å². The highest BCUT2D eigenvalue weighted by molar-refractivity contribution is 5.49. The van der Waals surface area contributed by atoms with E-state index in [-0.39, 0.29) is 5.41 Å². The minimum absolute atomic E-state index is 0.281. The van der Waals surface area contributed by atoms with Gasteiger partial charge < -0.3 is 9.47 Å². The molecule has 0 N–H and O–H groups in total. The van der Waals surface area contributed by atoms with Crippen molar-refractivity contribution >= 4 is 0 Å². The fourth-order valence-corrected chi connectivity index (χ4v) is 3.95. The summed E-state index contributed by atoms with van der Waals surface area (Å²) >= 11 is 0. The van der Waals surface area contributed by atoms with Crippen LogP contribution >= 0.6 is 0 Å². The lowest BCUT2D eigenvalue weighted by Crippen LogP contribution is -2.52. The van der Waals surface area contributed by atoms with E-state index in [1.54, 1.807) is 0 Å². The van der Waals surface area contributed by atoms with Crippen LogP contribution in [0.25, 0.3) is 0 Å². The molecule has 3 heteroatoms. The van der Waals surface area contributed by atoms with E-state index in [0.29, 0.717) is 18.6 Å². The topological polar surface area (TPSA) is 42.2 Å². The predicted octanol–water partition coefficient (Wildman–Crippen LogP) is 3.18. The van der Waals surface area contributed by atoms with Crippen LogP contribution in [0.3, 0.4) is 0 Å². The Morgan fingerprint density at radius 1 is 1.05 bits per heavy atom. The van der Waals surface area contributed by atoms with E-state index >= 15 is 0 Å². The number of nitriles is 1. The molecule has 3 aliphatic rings. The molecule has 0 atom stereocenters. The van der Waals surface area contributed by atoms with Gasteiger partial charge in [0.05, 0.1) is 11.5 Å². The second kappa shape index (κ2) is 3.66. The third kappa shape index (κ3) is 1.49. The Morgan fingerprint density at radius 3 is 2.42 bits per heavy atom. The molecule has 3 nitrogen and oxygen atoms in total. The van der Waals surface area contributed by atoms with Crippen LogP contribution in [0, 0.1) is 16.7 Å². The second-order valence-electron chi connectivity index (χ2n) is 6.26. The van der Waals surface area contributed by atoms with Gasteiger partial charge in [0.25, 0.3) is 0 Å². The molecule has 2 aliphatic carbocycles.